The molecular formula is C19H20N4O3. The van der Waals surface area contributed by atoms with Crippen LogP contribution in [-0.2, 0) is 16.0 Å². The number of rotatable bonds is 5. The second kappa shape index (κ2) is 7.35. The number of amides is 3. The lowest BCUT2D eigenvalue weighted by Gasteiger charge is -2.12. The molecular weight excluding hydrogens is 332 g/mol. The van der Waals surface area contributed by atoms with Gasteiger partial charge >= 0.3 is 0 Å². The molecule has 2 heterocycles. The Morgan fingerprint density at radius 3 is 2.58 bits per heavy atom. The minimum absolute atomic E-state index is 0.219. The van der Waals surface area contributed by atoms with E-state index in [-0.39, 0.29) is 30.1 Å². The highest BCUT2D eigenvalue weighted by molar-refractivity contribution is 6.05. The molecule has 0 radical (unpaired) electrons. The molecule has 1 atom stereocenters. The lowest BCUT2D eigenvalue weighted by Crippen LogP contribution is -2.22. The van der Waals surface area contributed by atoms with Gasteiger partial charge in [0.2, 0.25) is 11.8 Å². The van der Waals surface area contributed by atoms with Crippen LogP contribution in [0.1, 0.15) is 22.3 Å². The number of benzene rings is 1. The van der Waals surface area contributed by atoms with Crippen LogP contribution in [0.4, 0.5) is 11.5 Å². The molecule has 2 aromatic rings. The predicted octanol–water partition coefficient (Wildman–Crippen LogP) is 1.61. The summed E-state index contributed by atoms with van der Waals surface area (Å²) in [6.45, 7) is 0. The van der Waals surface area contributed by atoms with E-state index in [1.54, 1.807) is 30.5 Å². The smallest absolute Gasteiger partial charge is 0.255 e. The van der Waals surface area contributed by atoms with Crippen LogP contribution in [0.25, 0.3) is 0 Å². The zero-order valence-electron chi connectivity index (χ0n) is 14.7. The van der Waals surface area contributed by atoms with Crippen molar-refractivity contribution in [3.63, 3.8) is 0 Å². The van der Waals surface area contributed by atoms with Crippen molar-refractivity contribution in [1.82, 2.24) is 10.3 Å². The lowest BCUT2D eigenvalue weighted by molar-refractivity contribution is -0.125. The summed E-state index contributed by atoms with van der Waals surface area (Å²) in [5.41, 5.74) is 2.12. The Hall–Kier alpha value is -3.22. The highest BCUT2D eigenvalue weighted by atomic mass is 16.2. The third-order valence-electron chi connectivity index (χ3n) is 4.23. The number of carbonyl (C=O) groups excluding carboxylic acids is 3. The fourth-order valence-corrected chi connectivity index (χ4v) is 2.79. The Labute approximate surface area is 151 Å². The van der Waals surface area contributed by atoms with Gasteiger partial charge in [0.15, 0.2) is 0 Å². The average molecular weight is 352 g/mol. The summed E-state index contributed by atoms with van der Waals surface area (Å²) in [6, 6.07) is 10.7. The van der Waals surface area contributed by atoms with Gasteiger partial charge in [-0.1, -0.05) is 12.1 Å². The molecule has 1 aliphatic heterocycles. The molecule has 7 nitrogen and oxygen atoms in total. The van der Waals surface area contributed by atoms with Crippen molar-refractivity contribution < 1.29 is 14.4 Å². The summed E-state index contributed by atoms with van der Waals surface area (Å²) >= 11 is 0. The van der Waals surface area contributed by atoms with Crippen LogP contribution >= 0.6 is 0 Å². The third kappa shape index (κ3) is 4.05. The van der Waals surface area contributed by atoms with Gasteiger partial charge in [-0.15, -0.1) is 0 Å². The van der Waals surface area contributed by atoms with Crippen molar-refractivity contribution in [2.24, 2.45) is 5.92 Å². The van der Waals surface area contributed by atoms with Crippen LogP contribution in [0, 0.1) is 5.92 Å². The van der Waals surface area contributed by atoms with E-state index in [2.05, 4.69) is 15.6 Å². The topological polar surface area (TPSA) is 91.4 Å². The van der Waals surface area contributed by atoms with Gasteiger partial charge in [0.1, 0.15) is 5.82 Å². The molecule has 1 aromatic carbocycles. The predicted molar refractivity (Wildman–Crippen MR) is 97.9 cm³/mol. The maximum Gasteiger partial charge on any atom is 0.255 e. The fraction of sp³-hybridized carbons (Fsp3) is 0.263. The van der Waals surface area contributed by atoms with E-state index in [0.29, 0.717) is 23.5 Å². The number of pyridine rings is 1. The van der Waals surface area contributed by atoms with Crippen LogP contribution in [0.5, 0.6) is 0 Å². The Morgan fingerprint density at radius 2 is 1.96 bits per heavy atom. The number of carbonyl (C=O) groups is 3. The van der Waals surface area contributed by atoms with E-state index in [9.17, 15) is 14.4 Å². The molecule has 1 fully saturated rings. The molecule has 0 bridgehead atoms. The first-order valence-electron chi connectivity index (χ1n) is 8.30. The molecule has 3 amide bonds. The molecule has 0 spiro atoms. The summed E-state index contributed by atoms with van der Waals surface area (Å²) in [5.74, 6) is -0.272. The van der Waals surface area contributed by atoms with Crippen molar-refractivity contribution >= 4 is 29.2 Å². The number of aromatic nitrogens is 1. The first kappa shape index (κ1) is 17.6. The molecule has 1 aliphatic rings. The maximum atomic E-state index is 12.4. The third-order valence-corrected chi connectivity index (χ3v) is 4.23. The number of imide groups is 1. The van der Waals surface area contributed by atoms with E-state index in [0.717, 1.165) is 5.56 Å². The van der Waals surface area contributed by atoms with E-state index in [1.807, 2.05) is 31.1 Å². The molecule has 1 unspecified atom stereocenters. The number of nitrogens with zero attached hydrogens (tertiary/aromatic N) is 2. The molecule has 1 aromatic heterocycles. The summed E-state index contributed by atoms with van der Waals surface area (Å²) in [6.07, 6.45) is 2.33. The van der Waals surface area contributed by atoms with Gasteiger partial charge in [0, 0.05) is 38.0 Å². The number of hydrogen-bond acceptors (Lipinski definition) is 5. The van der Waals surface area contributed by atoms with Crippen molar-refractivity contribution in [3.8, 4) is 0 Å². The first-order valence-corrected chi connectivity index (χ1v) is 8.30. The standard InChI is InChI=1S/C19H20N4O3/c1-23(2)16-10-13(7-8-20-16)18(25)21-15-5-3-12(4-6-15)9-14-11-17(24)22-19(14)26/h3-8,10,14H,9,11H2,1-2H3,(H,21,25)(H,22,24,26). The molecule has 7 heteroatoms. The van der Waals surface area contributed by atoms with Crippen LogP contribution in [-0.4, -0.2) is 36.8 Å². The van der Waals surface area contributed by atoms with Gasteiger partial charge < -0.3 is 10.2 Å². The van der Waals surface area contributed by atoms with Crippen molar-refractivity contribution in [3.05, 3.63) is 53.7 Å². The van der Waals surface area contributed by atoms with Crippen LogP contribution in [0.3, 0.4) is 0 Å². The lowest BCUT2D eigenvalue weighted by atomic mass is 9.98. The normalized spacial score (nSPS) is 16.3. The van der Waals surface area contributed by atoms with Crippen molar-refractivity contribution in [2.75, 3.05) is 24.3 Å². The maximum absolute atomic E-state index is 12.4. The fourth-order valence-electron chi connectivity index (χ4n) is 2.79. The molecule has 134 valence electrons. The Bertz CT molecular complexity index is 846. The molecule has 2 N–H and O–H groups in total. The van der Waals surface area contributed by atoms with Gasteiger partial charge in [0.25, 0.3) is 5.91 Å². The Balaban J connectivity index is 1.64. The highest BCUT2D eigenvalue weighted by Gasteiger charge is 2.30. The zero-order valence-corrected chi connectivity index (χ0v) is 14.7. The monoisotopic (exact) mass is 352 g/mol. The molecule has 0 aliphatic carbocycles. The van der Waals surface area contributed by atoms with Gasteiger partial charge in [-0.3, -0.25) is 19.7 Å². The minimum atomic E-state index is -0.316. The van der Waals surface area contributed by atoms with Gasteiger partial charge in [-0.25, -0.2) is 4.98 Å². The van der Waals surface area contributed by atoms with Gasteiger partial charge in [0.05, 0.1) is 5.92 Å². The number of hydrogen-bond donors (Lipinski definition) is 2. The number of nitrogens with one attached hydrogen (secondary N) is 2. The summed E-state index contributed by atoms with van der Waals surface area (Å²) in [5, 5.41) is 5.15. The molecule has 1 saturated heterocycles. The summed E-state index contributed by atoms with van der Waals surface area (Å²) in [7, 11) is 3.72. The van der Waals surface area contributed by atoms with Crippen LogP contribution in [0.15, 0.2) is 42.6 Å². The molecule has 26 heavy (non-hydrogen) atoms. The highest BCUT2D eigenvalue weighted by Crippen LogP contribution is 2.19. The van der Waals surface area contributed by atoms with E-state index in [4.69, 9.17) is 0 Å². The van der Waals surface area contributed by atoms with Gasteiger partial charge in [-0.05, 0) is 36.2 Å². The Morgan fingerprint density at radius 1 is 1.23 bits per heavy atom. The quantitative estimate of drug-likeness (QED) is 0.798. The van der Waals surface area contributed by atoms with Crippen molar-refractivity contribution in [2.45, 2.75) is 12.8 Å². The van der Waals surface area contributed by atoms with Gasteiger partial charge in [-0.2, -0.15) is 0 Å². The average Bonchev–Trinajstić information content (AvgIpc) is 2.94. The van der Waals surface area contributed by atoms with E-state index >= 15 is 0 Å². The SMILES string of the molecule is CN(C)c1cc(C(=O)Nc2ccc(CC3CC(=O)NC3=O)cc2)ccn1. The second-order valence-corrected chi connectivity index (χ2v) is 6.47. The van der Waals surface area contributed by atoms with Crippen LogP contribution < -0.4 is 15.5 Å². The summed E-state index contributed by atoms with van der Waals surface area (Å²) < 4.78 is 0. The zero-order chi connectivity index (χ0) is 18.7. The van der Waals surface area contributed by atoms with Crippen molar-refractivity contribution in [1.29, 1.82) is 0 Å². The van der Waals surface area contributed by atoms with E-state index in [1.165, 1.54) is 0 Å². The number of anilines is 2. The molecule has 0 saturated carbocycles. The largest absolute Gasteiger partial charge is 0.363 e. The van der Waals surface area contributed by atoms with Crippen LogP contribution in [0.2, 0.25) is 0 Å². The second-order valence-electron chi connectivity index (χ2n) is 6.47. The molecule has 3 rings (SSSR count). The van der Waals surface area contributed by atoms with E-state index < -0.39 is 0 Å². The minimum Gasteiger partial charge on any atom is -0.363 e. The summed E-state index contributed by atoms with van der Waals surface area (Å²) in [4.78, 5) is 41.3. The first-order chi connectivity index (χ1) is 12.4. The Kier molecular flexibility index (Phi) is 4.97.